The number of amides is 3. The molecule has 8 nitrogen and oxygen atoms in total. The van der Waals surface area contributed by atoms with Crippen LogP contribution in [0, 0.1) is 5.92 Å². The van der Waals surface area contributed by atoms with E-state index in [1.165, 1.54) is 24.2 Å². The van der Waals surface area contributed by atoms with Crippen LogP contribution in [-0.4, -0.2) is 61.1 Å². The van der Waals surface area contributed by atoms with Gasteiger partial charge in [0.05, 0.1) is 30.6 Å². The Balaban J connectivity index is 1.23. The van der Waals surface area contributed by atoms with Crippen LogP contribution < -0.4 is 15.4 Å². The van der Waals surface area contributed by atoms with Crippen molar-refractivity contribution in [3.05, 3.63) is 46.2 Å². The van der Waals surface area contributed by atoms with Gasteiger partial charge in [0.25, 0.3) is 5.91 Å². The number of nitrogens with one attached hydrogen (secondary N) is 2. The molecule has 3 amide bonds. The van der Waals surface area contributed by atoms with Crippen LogP contribution in [-0.2, 0) is 20.7 Å². The second-order valence-electron chi connectivity index (χ2n) is 9.64. The lowest BCUT2D eigenvalue weighted by Crippen LogP contribution is -2.54. The van der Waals surface area contributed by atoms with Crippen molar-refractivity contribution in [2.75, 3.05) is 25.5 Å². The van der Waals surface area contributed by atoms with Crippen LogP contribution in [0.2, 0.25) is 0 Å². The summed E-state index contributed by atoms with van der Waals surface area (Å²) in [5, 5.41) is 7.82. The summed E-state index contributed by atoms with van der Waals surface area (Å²) in [6.07, 6.45) is 3.99. The Kier molecular flexibility index (Phi) is 7.06. The molecule has 9 heteroatoms. The van der Waals surface area contributed by atoms with Gasteiger partial charge in [0, 0.05) is 24.2 Å². The summed E-state index contributed by atoms with van der Waals surface area (Å²) in [5.74, 6) is 0.824. The number of hydrogen-bond acceptors (Lipinski definition) is 6. The van der Waals surface area contributed by atoms with Gasteiger partial charge in [-0.3, -0.25) is 14.4 Å². The second kappa shape index (κ2) is 10.4. The maximum atomic E-state index is 13.4. The highest BCUT2D eigenvalue weighted by Crippen LogP contribution is 2.33. The molecule has 186 valence electrons. The topological polar surface area (TPSA) is 97.0 Å². The lowest BCUT2D eigenvalue weighted by molar-refractivity contribution is -0.134. The normalized spacial score (nSPS) is 23.9. The van der Waals surface area contributed by atoms with Crippen molar-refractivity contribution in [1.82, 2.24) is 10.2 Å². The van der Waals surface area contributed by atoms with Crippen molar-refractivity contribution in [1.29, 1.82) is 0 Å². The molecule has 35 heavy (non-hydrogen) atoms. The Morgan fingerprint density at radius 1 is 1.14 bits per heavy atom. The summed E-state index contributed by atoms with van der Waals surface area (Å²) in [6, 6.07) is 8.83. The second-order valence-corrected chi connectivity index (χ2v) is 10.7. The fourth-order valence-electron chi connectivity index (χ4n) is 4.74. The van der Waals surface area contributed by atoms with Gasteiger partial charge in [0.1, 0.15) is 18.5 Å². The molecule has 3 aliphatic rings. The van der Waals surface area contributed by atoms with E-state index in [2.05, 4.69) is 10.6 Å². The van der Waals surface area contributed by atoms with Crippen LogP contribution in [0.25, 0.3) is 0 Å². The molecular formula is C26H31N3O5S. The zero-order valence-electron chi connectivity index (χ0n) is 19.8. The van der Waals surface area contributed by atoms with Gasteiger partial charge in [0.2, 0.25) is 11.8 Å². The SMILES string of the molecule is CN1C(=O)c2cc(NC(=O)Cc3cccs3)ccc2OC[C@H]2O[C@H](CC(=O)NCC3CC3)CC[C@@H]21. The average molecular weight is 498 g/mol. The largest absolute Gasteiger partial charge is 0.490 e. The van der Waals surface area contributed by atoms with Crippen LogP contribution in [0.15, 0.2) is 35.7 Å². The monoisotopic (exact) mass is 497 g/mol. The van der Waals surface area contributed by atoms with Crippen molar-refractivity contribution >= 4 is 34.7 Å². The first kappa shape index (κ1) is 23.8. The van der Waals surface area contributed by atoms with E-state index in [-0.39, 0.29) is 36.0 Å². The maximum absolute atomic E-state index is 13.4. The van der Waals surface area contributed by atoms with Gasteiger partial charge >= 0.3 is 0 Å². The molecule has 0 unspecified atom stereocenters. The van der Waals surface area contributed by atoms with Gasteiger partial charge in [-0.2, -0.15) is 0 Å². The molecule has 0 radical (unpaired) electrons. The molecule has 0 spiro atoms. The Morgan fingerprint density at radius 3 is 2.77 bits per heavy atom. The van der Waals surface area contributed by atoms with Crippen molar-refractivity contribution in [3.8, 4) is 5.75 Å². The molecular weight excluding hydrogens is 466 g/mol. The van der Waals surface area contributed by atoms with Gasteiger partial charge in [-0.05, 0) is 61.2 Å². The molecule has 2 aliphatic heterocycles. The minimum atomic E-state index is -0.308. The molecule has 3 atom stereocenters. The third kappa shape index (κ3) is 5.85. The smallest absolute Gasteiger partial charge is 0.257 e. The van der Waals surface area contributed by atoms with E-state index in [1.807, 2.05) is 17.5 Å². The Bertz CT molecular complexity index is 1080. The highest BCUT2D eigenvalue weighted by Gasteiger charge is 2.39. The molecule has 5 rings (SSSR count). The molecule has 0 bridgehead atoms. The van der Waals surface area contributed by atoms with Crippen molar-refractivity contribution < 1.29 is 23.9 Å². The summed E-state index contributed by atoms with van der Waals surface area (Å²) in [5.41, 5.74) is 0.978. The fraction of sp³-hybridized carbons (Fsp3) is 0.500. The van der Waals surface area contributed by atoms with Gasteiger partial charge in [0.15, 0.2) is 0 Å². The number of ether oxygens (including phenoxy) is 2. The highest BCUT2D eigenvalue weighted by atomic mass is 32.1. The van der Waals surface area contributed by atoms with Crippen molar-refractivity contribution in [2.24, 2.45) is 5.92 Å². The zero-order valence-corrected chi connectivity index (χ0v) is 20.6. The first-order chi connectivity index (χ1) is 17.0. The molecule has 1 aromatic carbocycles. The van der Waals surface area contributed by atoms with Crippen LogP contribution >= 0.6 is 11.3 Å². The summed E-state index contributed by atoms with van der Waals surface area (Å²) in [4.78, 5) is 40.8. The Morgan fingerprint density at radius 2 is 2.00 bits per heavy atom. The van der Waals surface area contributed by atoms with E-state index >= 15 is 0 Å². The maximum Gasteiger partial charge on any atom is 0.257 e. The van der Waals surface area contributed by atoms with Gasteiger partial charge in [-0.25, -0.2) is 0 Å². The third-order valence-corrected chi connectivity index (χ3v) is 7.78. The predicted octanol–water partition coefficient (Wildman–Crippen LogP) is 3.23. The number of benzene rings is 1. The van der Waals surface area contributed by atoms with Gasteiger partial charge < -0.3 is 25.0 Å². The quantitative estimate of drug-likeness (QED) is 0.612. The van der Waals surface area contributed by atoms with Crippen LogP contribution in [0.3, 0.4) is 0 Å². The first-order valence-corrected chi connectivity index (χ1v) is 13.1. The van der Waals surface area contributed by atoms with Crippen LogP contribution in [0.4, 0.5) is 5.69 Å². The Labute approximate surface area is 209 Å². The highest BCUT2D eigenvalue weighted by molar-refractivity contribution is 7.10. The number of anilines is 1. The summed E-state index contributed by atoms with van der Waals surface area (Å²) < 4.78 is 12.3. The van der Waals surface area contributed by atoms with E-state index < -0.39 is 0 Å². The molecule has 1 saturated heterocycles. The van der Waals surface area contributed by atoms with E-state index in [0.29, 0.717) is 48.8 Å². The minimum Gasteiger partial charge on any atom is -0.490 e. The molecule has 2 N–H and O–H groups in total. The van der Waals surface area contributed by atoms with Gasteiger partial charge in [-0.1, -0.05) is 6.07 Å². The predicted molar refractivity (Wildman–Crippen MR) is 133 cm³/mol. The molecule has 2 fully saturated rings. The lowest BCUT2D eigenvalue weighted by Gasteiger charge is -2.42. The molecule has 1 aliphatic carbocycles. The number of rotatable bonds is 7. The van der Waals surface area contributed by atoms with E-state index in [1.54, 1.807) is 30.1 Å². The first-order valence-electron chi connectivity index (χ1n) is 12.2. The summed E-state index contributed by atoms with van der Waals surface area (Å²) in [7, 11) is 1.78. The average Bonchev–Trinajstić information content (AvgIpc) is 3.54. The summed E-state index contributed by atoms with van der Waals surface area (Å²) in [6.45, 7) is 1.05. The van der Waals surface area contributed by atoms with Crippen LogP contribution in [0.5, 0.6) is 5.75 Å². The van der Waals surface area contributed by atoms with E-state index in [9.17, 15) is 14.4 Å². The lowest BCUT2D eigenvalue weighted by atomic mass is 9.94. The number of hydrogen-bond donors (Lipinski definition) is 2. The molecule has 3 heterocycles. The molecule has 1 saturated carbocycles. The number of thiophene rings is 1. The van der Waals surface area contributed by atoms with Crippen molar-refractivity contribution in [2.45, 2.75) is 56.8 Å². The number of carbonyl (C=O) groups excluding carboxylic acids is 3. The number of likely N-dealkylation sites (N-methyl/N-ethyl adjacent to an activating group) is 1. The number of fused-ring (bicyclic) bond motifs is 2. The Hall–Kier alpha value is -2.91. The van der Waals surface area contributed by atoms with Crippen LogP contribution in [0.1, 0.15) is 47.3 Å². The molecule has 1 aromatic heterocycles. The van der Waals surface area contributed by atoms with Gasteiger partial charge in [-0.15, -0.1) is 11.3 Å². The fourth-order valence-corrected chi connectivity index (χ4v) is 5.44. The standard InChI is InChI=1S/C26H31N3O5S/c1-29-21-8-7-18(12-24(30)27-14-16-4-5-16)34-23(21)15-33-22-9-6-17(11-20(22)26(29)32)28-25(31)13-19-3-2-10-35-19/h2-3,6,9-11,16,18,21,23H,4-5,7-8,12-15H2,1H3,(H,27,30)(H,28,31)/t18-,21-,23+/m0/s1. The third-order valence-electron chi connectivity index (χ3n) is 6.91. The summed E-state index contributed by atoms with van der Waals surface area (Å²) >= 11 is 1.53. The zero-order chi connectivity index (χ0) is 24.4. The van der Waals surface area contributed by atoms with E-state index in [0.717, 1.165) is 17.8 Å². The number of carbonyl (C=O) groups is 3. The molecule has 2 aromatic rings. The van der Waals surface area contributed by atoms with E-state index in [4.69, 9.17) is 9.47 Å². The minimum absolute atomic E-state index is 0.0237. The van der Waals surface area contributed by atoms with Crippen molar-refractivity contribution in [3.63, 3.8) is 0 Å². The number of nitrogens with zero attached hydrogens (tertiary/aromatic N) is 1.